The molecular formula is C18H17NO5. The molecule has 0 fully saturated rings. The van der Waals surface area contributed by atoms with E-state index >= 15 is 0 Å². The first-order valence-electron chi connectivity index (χ1n) is 7.23. The smallest absolute Gasteiger partial charge is 0.203 e. The van der Waals surface area contributed by atoms with Crippen LogP contribution in [0.2, 0.25) is 0 Å². The number of aromatic hydroxyl groups is 1. The van der Waals surface area contributed by atoms with Crippen LogP contribution in [-0.2, 0) is 0 Å². The molecule has 124 valence electrons. The van der Waals surface area contributed by atoms with Gasteiger partial charge in [0.25, 0.3) is 0 Å². The molecule has 0 unspecified atom stereocenters. The average Bonchev–Trinajstić information content (AvgIpc) is 3.02. The van der Waals surface area contributed by atoms with Crippen LogP contribution in [0.25, 0.3) is 10.9 Å². The van der Waals surface area contributed by atoms with Crippen LogP contribution in [0.15, 0.2) is 36.5 Å². The number of fused-ring (bicyclic) bond motifs is 1. The van der Waals surface area contributed by atoms with Gasteiger partial charge in [0.1, 0.15) is 5.75 Å². The number of hydrogen-bond donors (Lipinski definition) is 2. The molecule has 3 aromatic rings. The lowest BCUT2D eigenvalue weighted by Crippen LogP contribution is -2.03. The number of aromatic amines is 1. The van der Waals surface area contributed by atoms with Crippen molar-refractivity contribution in [2.45, 2.75) is 0 Å². The molecular weight excluding hydrogens is 310 g/mol. The van der Waals surface area contributed by atoms with Gasteiger partial charge in [-0.2, -0.15) is 0 Å². The summed E-state index contributed by atoms with van der Waals surface area (Å²) in [6.07, 6.45) is 1.62. The van der Waals surface area contributed by atoms with E-state index in [-0.39, 0.29) is 11.5 Å². The number of carbonyl (C=O) groups is 1. The fourth-order valence-corrected chi connectivity index (χ4v) is 2.67. The molecule has 2 aromatic carbocycles. The summed E-state index contributed by atoms with van der Waals surface area (Å²) in [4.78, 5) is 15.9. The summed E-state index contributed by atoms with van der Waals surface area (Å²) < 4.78 is 15.9. The molecule has 0 aliphatic carbocycles. The second kappa shape index (κ2) is 6.16. The van der Waals surface area contributed by atoms with Gasteiger partial charge in [-0.05, 0) is 24.3 Å². The Kier molecular flexibility index (Phi) is 4.04. The summed E-state index contributed by atoms with van der Waals surface area (Å²) in [7, 11) is 4.51. The lowest BCUT2D eigenvalue weighted by molar-refractivity contribution is 0.103. The van der Waals surface area contributed by atoms with Gasteiger partial charge in [-0.25, -0.2) is 0 Å². The molecule has 0 saturated carbocycles. The molecule has 6 nitrogen and oxygen atoms in total. The SMILES string of the molecule is COc1cc(C(=O)c2c[nH]c3cc(O)ccc23)cc(OC)c1OC. The van der Waals surface area contributed by atoms with Crippen LogP contribution in [0.5, 0.6) is 23.0 Å². The van der Waals surface area contributed by atoms with Gasteiger partial charge in [0.05, 0.1) is 21.3 Å². The van der Waals surface area contributed by atoms with Crippen molar-refractivity contribution in [2.75, 3.05) is 21.3 Å². The van der Waals surface area contributed by atoms with E-state index in [4.69, 9.17) is 14.2 Å². The van der Waals surface area contributed by atoms with E-state index in [2.05, 4.69) is 4.98 Å². The summed E-state index contributed by atoms with van der Waals surface area (Å²) in [5, 5.41) is 10.3. The van der Waals surface area contributed by atoms with Crippen LogP contribution in [0.3, 0.4) is 0 Å². The summed E-state index contributed by atoms with van der Waals surface area (Å²) in [6.45, 7) is 0. The van der Waals surface area contributed by atoms with Gasteiger partial charge in [-0.3, -0.25) is 4.79 Å². The van der Waals surface area contributed by atoms with Crippen molar-refractivity contribution < 1.29 is 24.1 Å². The zero-order valence-corrected chi connectivity index (χ0v) is 13.5. The third-order valence-corrected chi connectivity index (χ3v) is 3.84. The van der Waals surface area contributed by atoms with Crippen LogP contribution < -0.4 is 14.2 Å². The molecule has 0 bridgehead atoms. The summed E-state index contributed by atoms with van der Waals surface area (Å²) >= 11 is 0. The highest BCUT2D eigenvalue weighted by molar-refractivity contribution is 6.16. The van der Waals surface area contributed by atoms with Crippen molar-refractivity contribution in [1.82, 2.24) is 4.98 Å². The maximum absolute atomic E-state index is 12.9. The number of carbonyl (C=O) groups excluding carboxylic acids is 1. The minimum atomic E-state index is -0.189. The lowest BCUT2D eigenvalue weighted by atomic mass is 10.0. The molecule has 0 aliphatic heterocycles. The van der Waals surface area contributed by atoms with E-state index in [1.807, 2.05) is 0 Å². The van der Waals surface area contributed by atoms with Gasteiger partial charge >= 0.3 is 0 Å². The minimum absolute atomic E-state index is 0.135. The number of ether oxygens (including phenoxy) is 3. The van der Waals surface area contributed by atoms with Crippen LogP contribution in [0.4, 0.5) is 0 Å². The van der Waals surface area contributed by atoms with Crippen molar-refractivity contribution in [3.63, 3.8) is 0 Å². The number of ketones is 1. The highest BCUT2D eigenvalue weighted by atomic mass is 16.5. The fraction of sp³-hybridized carbons (Fsp3) is 0.167. The van der Waals surface area contributed by atoms with E-state index in [0.717, 1.165) is 5.39 Å². The molecule has 3 rings (SSSR count). The summed E-state index contributed by atoms with van der Waals surface area (Å²) in [6, 6.07) is 8.04. The molecule has 0 saturated heterocycles. The molecule has 1 aromatic heterocycles. The highest BCUT2D eigenvalue weighted by Crippen LogP contribution is 2.39. The van der Waals surface area contributed by atoms with Crippen molar-refractivity contribution in [3.8, 4) is 23.0 Å². The van der Waals surface area contributed by atoms with E-state index < -0.39 is 0 Å². The van der Waals surface area contributed by atoms with Crippen molar-refractivity contribution in [2.24, 2.45) is 0 Å². The quantitative estimate of drug-likeness (QED) is 0.704. The van der Waals surface area contributed by atoms with Crippen LogP contribution >= 0.6 is 0 Å². The largest absolute Gasteiger partial charge is 0.508 e. The monoisotopic (exact) mass is 327 g/mol. The molecule has 6 heteroatoms. The Morgan fingerprint density at radius 3 is 2.25 bits per heavy atom. The van der Waals surface area contributed by atoms with Crippen molar-refractivity contribution >= 4 is 16.7 Å². The standard InChI is InChI=1S/C18H17NO5/c1-22-15-6-10(7-16(23-2)18(15)24-3)17(21)13-9-19-14-8-11(20)4-5-12(13)14/h4-9,19-20H,1-3H3. The fourth-order valence-electron chi connectivity index (χ4n) is 2.67. The summed E-state index contributed by atoms with van der Waals surface area (Å²) in [5.74, 6) is 1.21. The molecule has 1 heterocycles. The molecule has 0 atom stereocenters. The molecule has 24 heavy (non-hydrogen) atoms. The Labute approximate surface area is 138 Å². The number of benzene rings is 2. The Morgan fingerprint density at radius 2 is 1.67 bits per heavy atom. The summed E-state index contributed by atoms with van der Waals surface area (Å²) in [5.41, 5.74) is 1.60. The number of hydrogen-bond acceptors (Lipinski definition) is 5. The lowest BCUT2D eigenvalue weighted by Gasteiger charge is -2.13. The van der Waals surface area contributed by atoms with Gasteiger partial charge < -0.3 is 24.3 Å². The van der Waals surface area contributed by atoms with E-state index in [1.165, 1.54) is 21.3 Å². The van der Waals surface area contributed by atoms with Gasteiger partial charge in [-0.15, -0.1) is 0 Å². The molecule has 0 radical (unpaired) electrons. The number of H-pyrrole nitrogens is 1. The normalized spacial score (nSPS) is 10.6. The van der Waals surface area contributed by atoms with E-state index in [9.17, 15) is 9.90 Å². The number of phenolic OH excluding ortho intramolecular Hbond substituents is 1. The van der Waals surface area contributed by atoms with Crippen LogP contribution in [0.1, 0.15) is 15.9 Å². The third kappa shape index (κ3) is 2.52. The Bertz CT molecular complexity index is 888. The number of nitrogens with one attached hydrogen (secondary N) is 1. The zero-order valence-electron chi connectivity index (χ0n) is 13.5. The number of methoxy groups -OCH3 is 3. The van der Waals surface area contributed by atoms with Crippen molar-refractivity contribution in [1.29, 1.82) is 0 Å². The van der Waals surface area contributed by atoms with Crippen LogP contribution in [-0.4, -0.2) is 37.2 Å². The highest BCUT2D eigenvalue weighted by Gasteiger charge is 2.20. The maximum Gasteiger partial charge on any atom is 0.203 e. The van der Waals surface area contributed by atoms with Gasteiger partial charge in [0, 0.05) is 34.3 Å². The maximum atomic E-state index is 12.9. The first-order valence-corrected chi connectivity index (χ1v) is 7.23. The molecule has 0 amide bonds. The first kappa shape index (κ1) is 15.7. The number of rotatable bonds is 5. The number of phenols is 1. The second-order valence-electron chi connectivity index (χ2n) is 5.18. The minimum Gasteiger partial charge on any atom is -0.508 e. The molecule has 2 N–H and O–H groups in total. The van der Waals surface area contributed by atoms with Gasteiger partial charge in [0.15, 0.2) is 17.3 Å². The average molecular weight is 327 g/mol. The molecule has 0 spiro atoms. The second-order valence-corrected chi connectivity index (χ2v) is 5.18. The van der Waals surface area contributed by atoms with E-state index in [0.29, 0.717) is 33.9 Å². The van der Waals surface area contributed by atoms with Crippen molar-refractivity contribution in [3.05, 3.63) is 47.7 Å². The van der Waals surface area contributed by atoms with Gasteiger partial charge in [-0.1, -0.05) is 0 Å². The Morgan fingerprint density at radius 1 is 1.00 bits per heavy atom. The van der Waals surface area contributed by atoms with E-state index in [1.54, 1.807) is 36.5 Å². The number of aromatic nitrogens is 1. The topological polar surface area (TPSA) is 80.8 Å². The van der Waals surface area contributed by atoms with Crippen LogP contribution in [0, 0.1) is 0 Å². The predicted octanol–water partition coefficient (Wildman–Crippen LogP) is 3.13. The predicted molar refractivity (Wildman–Crippen MR) is 89.5 cm³/mol. The third-order valence-electron chi connectivity index (χ3n) is 3.84. The Balaban J connectivity index is 2.12. The zero-order chi connectivity index (χ0) is 17.3. The first-order chi connectivity index (χ1) is 11.6. The molecule has 0 aliphatic rings. The Hall–Kier alpha value is -3.15. The van der Waals surface area contributed by atoms with Gasteiger partial charge in [0.2, 0.25) is 5.75 Å².